The lowest BCUT2D eigenvalue weighted by molar-refractivity contribution is 0.578. The van der Waals surface area contributed by atoms with Crippen LogP contribution in [0.1, 0.15) is 12.0 Å². The molecule has 1 aromatic carbocycles. The molecule has 20 heavy (non-hydrogen) atoms. The Morgan fingerprint density at radius 2 is 1.75 bits per heavy atom. The Hall–Kier alpha value is -2.21. The van der Waals surface area contributed by atoms with Crippen molar-refractivity contribution in [1.82, 2.24) is 4.98 Å². The predicted molar refractivity (Wildman–Crippen MR) is 75.2 cm³/mol. The van der Waals surface area contributed by atoms with E-state index in [2.05, 4.69) is 15.7 Å². The van der Waals surface area contributed by atoms with E-state index in [9.17, 15) is 8.78 Å². The van der Waals surface area contributed by atoms with E-state index in [1.807, 2.05) is 30.3 Å². The van der Waals surface area contributed by atoms with Crippen molar-refractivity contribution in [2.24, 2.45) is 5.84 Å². The van der Waals surface area contributed by atoms with E-state index in [-0.39, 0.29) is 11.6 Å². The Kier molecular flexibility index (Phi) is 4.84. The molecule has 0 saturated heterocycles. The van der Waals surface area contributed by atoms with Crippen molar-refractivity contribution in [3.8, 4) is 0 Å². The molecule has 0 aliphatic rings. The van der Waals surface area contributed by atoms with Crippen LogP contribution in [-0.2, 0) is 6.42 Å². The van der Waals surface area contributed by atoms with Crippen LogP contribution in [0.15, 0.2) is 36.4 Å². The van der Waals surface area contributed by atoms with Gasteiger partial charge in [-0.1, -0.05) is 30.3 Å². The summed E-state index contributed by atoms with van der Waals surface area (Å²) in [6.07, 6.45) is 1.69. The fourth-order valence-corrected chi connectivity index (χ4v) is 1.84. The summed E-state index contributed by atoms with van der Waals surface area (Å²) >= 11 is 0. The quantitative estimate of drug-likeness (QED) is 0.432. The highest BCUT2D eigenvalue weighted by molar-refractivity contribution is 5.46. The molecule has 1 aromatic heterocycles. The van der Waals surface area contributed by atoms with Gasteiger partial charge in [0.1, 0.15) is 0 Å². The number of hydrogen-bond donors (Lipinski definition) is 3. The number of halogens is 2. The van der Waals surface area contributed by atoms with E-state index in [1.54, 1.807) is 0 Å². The molecule has 2 aromatic rings. The lowest BCUT2D eigenvalue weighted by Crippen LogP contribution is -2.14. The van der Waals surface area contributed by atoms with Crippen molar-refractivity contribution in [3.63, 3.8) is 0 Å². The van der Waals surface area contributed by atoms with Gasteiger partial charge in [0, 0.05) is 12.6 Å². The SMILES string of the molecule is NNc1nc(NCCCc2ccccc2)c(F)cc1F. The number of nitrogen functional groups attached to an aromatic ring is 1. The number of nitrogens with one attached hydrogen (secondary N) is 2. The van der Waals surface area contributed by atoms with Gasteiger partial charge >= 0.3 is 0 Å². The largest absolute Gasteiger partial charge is 0.368 e. The highest BCUT2D eigenvalue weighted by atomic mass is 19.1. The fraction of sp³-hybridized carbons (Fsp3) is 0.214. The third-order valence-corrected chi connectivity index (χ3v) is 2.84. The Morgan fingerprint density at radius 3 is 2.45 bits per heavy atom. The molecule has 0 saturated carbocycles. The summed E-state index contributed by atoms with van der Waals surface area (Å²) in [6, 6.07) is 10.7. The topological polar surface area (TPSA) is 63.0 Å². The molecule has 0 unspecified atom stereocenters. The molecule has 4 N–H and O–H groups in total. The molecule has 0 fully saturated rings. The maximum Gasteiger partial charge on any atom is 0.178 e. The summed E-state index contributed by atoms with van der Waals surface area (Å²) in [5.41, 5.74) is 3.30. The van der Waals surface area contributed by atoms with Gasteiger partial charge in [-0.2, -0.15) is 0 Å². The van der Waals surface area contributed by atoms with Gasteiger partial charge in [0.2, 0.25) is 0 Å². The van der Waals surface area contributed by atoms with Gasteiger partial charge in [-0.05, 0) is 18.4 Å². The molecule has 0 amide bonds. The zero-order chi connectivity index (χ0) is 14.4. The van der Waals surface area contributed by atoms with E-state index in [0.717, 1.165) is 18.9 Å². The first-order valence-corrected chi connectivity index (χ1v) is 6.31. The van der Waals surface area contributed by atoms with E-state index in [1.165, 1.54) is 5.56 Å². The molecular formula is C14H16F2N4. The number of nitrogens with two attached hydrogens (primary N) is 1. The number of hydrazine groups is 1. The van der Waals surface area contributed by atoms with Gasteiger partial charge in [0.25, 0.3) is 0 Å². The molecule has 1 heterocycles. The van der Waals surface area contributed by atoms with Crippen molar-refractivity contribution in [2.45, 2.75) is 12.8 Å². The maximum atomic E-state index is 13.5. The van der Waals surface area contributed by atoms with Crippen LogP contribution < -0.4 is 16.6 Å². The van der Waals surface area contributed by atoms with Crippen molar-refractivity contribution in [2.75, 3.05) is 17.3 Å². The zero-order valence-corrected chi connectivity index (χ0v) is 10.9. The van der Waals surface area contributed by atoms with Crippen LogP contribution in [0.25, 0.3) is 0 Å². The number of aryl methyl sites for hydroxylation is 1. The number of nitrogens with zero attached hydrogens (tertiary/aromatic N) is 1. The van der Waals surface area contributed by atoms with E-state index in [0.29, 0.717) is 6.54 Å². The standard InChI is InChI=1S/C14H16F2N4/c15-11-9-12(16)14(20-17)19-13(11)18-8-4-7-10-5-2-1-3-6-10/h1-3,5-6,9H,4,7-8,17H2,(H2,18,19,20). The van der Waals surface area contributed by atoms with Gasteiger partial charge in [-0.3, -0.25) is 0 Å². The smallest absolute Gasteiger partial charge is 0.178 e. The third kappa shape index (κ3) is 3.64. The minimum absolute atomic E-state index is 0.00703. The highest BCUT2D eigenvalue weighted by Crippen LogP contribution is 2.18. The van der Waals surface area contributed by atoms with Crippen molar-refractivity contribution in [1.29, 1.82) is 0 Å². The molecule has 0 atom stereocenters. The highest BCUT2D eigenvalue weighted by Gasteiger charge is 2.10. The van der Waals surface area contributed by atoms with Crippen molar-refractivity contribution >= 4 is 11.6 Å². The third-order valence-electron chi connectivity index (χ3n) is 2.84. The molecule has 2 rings (SSSR count). The number of rotatable bonds is 6. The number of hydrogen-bond acceptors (Lipinski definition) is 4. The number of benzene rings is 1. The van der Waals surface area contributed by atoms with Crippen LogP contribution in [0.4, 0.5) is 20.4 Å². The van der Waals surface area contributed by atoms with Crippen molar-refractivity contribution < 1.29 is 8.78 Å². The Bertz CT molecular complexity index is 561. The minimum Gasteiger partial charge on any atom is -0.368 e. The van der Waals surface area contributed by atoms with Crippen LogP contribution in [0.5, 0.6) is 0 Å². The Morgan fingerprint density at radius 1 is 1.05 bits per heavy atom. The van der Waals surface area contributed by atoms with Crippen LogP contribution in [-0.4, -0.2) is 11.5 Å². The van der Waals surface area contributed by atoms with Gasteiger partial charge in [-0.15, -0.1) is 0 Å². The van der Waals surface area contributed by atoms with Gasteiger partial charge in [0.05, 0.1) is 0 Å². The summed E-state index contributed by atoms with van der Waals surface area (Å²) in [5.74, 6) is 3.35. The number of aromatic nitrogens is 1. The molecule has 0 aliphatic heterocycles. The zero-order valence-electron chi connectivity index (χ0n) is 10.9. The average Bonchev–Trinajstić information content (AvgIpc) is 2.46. The lowest BCUT2D eigenvalue weighted by Gasteiger charge is -2.09. The fourth-order valence-electron chi connectivity index (χ4n) is 1.84. The summed E-state index contributed by atoms with van der Waals surface area (Å²) < 4.78 is 26.7. The first-order chi connectivity index (χ1) is 9.70. The molecule has 0 spiro atoms. The first-order valence-electron chi connectivity index (χ1n) is 6.31. The van der Waals surface area contributed by atoms with Crippen LogP contribution in [0.3, 0.4) is 0 Å². The molecule has 4 nitrogen and oxygen atoms in total. The summed E-state index contributed by atoms with van der Waals surface area (Å²) in [6.45, 7) is 0.536. The lowest BCUT2D eigenvalue weighted by atomic mass is 10.1. The van der Waals surface area contributed by atoms with Crippen molar-refractivity contribution in [3.05, 3.63) is 53.6 Å². The second-order valence-corrected chi connectivity index (χ2v) is 4.31. The number of anilines is 2. The molecule has 0 bridgehead atoms. The summed E-state index contributed by atoms with van der Waals surface area (Å²) in [4.78, 5) is 3.74. The van der Waals surface area contributed by atoms with E-state index < -0.39 is 11.6 Å². The normalized spacial score (nSPS) is 10.3. The van der Waals surface area contributed by atoms with Crippen LogP contribution in [0, 0.1) is 11.6 Å². The molecule has 0 radical (unpaired) electrons. The molecule has 0 aliphatic carbocycles. The summed E-state index contributed by atoms with van der Waals surface area (Å²) in [5, 5.41) is 2.84. The maximum absolute atomic E-state index is 13.5. The monoisotopic (exact) mass is 278 g/mol. The van der Waals surface area contributed by atoms with Gasteiger partial charge in [0.15, 0.2) is 23.3 Å². The number of pyridine rings is 1. The second-order valence-electron chi connectivity index (χ2n) is 4.31. The summed E-state index contributed by atoms with van der Waals surface area (Å²) in [7, 11) is 0. The molecule has 106 valence electrons. The molecular weight excluding hydrogens is 262 g/mol. The second kappa shape index (κ2) is 6.81. The molecule has 6 heteroatoms. The van der Waals surface area contributed by atoms with Crippen LogP contribution in [0.2, 0.25) is 0 Å². The van der Waals surface area contributed by atoms with Crippen LogP contribution >= 0.6 is 0 Å². The predicted octanol–water partition coefficient (Wildman–Crippen LogP) is 2.69. The Balaban J connectivity index is 1.88. The average molecular weight is 278 g/mol. The Labute approximate surface area is 116 Å². The minimum atomic E-state index is -0.820. The van der Waals surface area contributed by atoms with Gasteiger partial charge in [-0.25, -0.2) is 19.6 Å². The first kappa shape index (κ1) is 14.2. The van der Waals surface area contributed by atoms with E-state index >= 15 is 0 Å². The van der Waals surface area contributed by atoms with E-state index in [4.69, 9.17) is 5.84 Å². The van der Waals surface area contributed by atoms with Gasteiger partial charge < -0.3 is 10.7 Å².